The molecule has 0 aromatic heterocycles. The van der Waals surface area contributed by atoms with Gasteiger partial charge in [0.25, 0.3) is 0 Å². The van der Waals surface area contributed by atoms with Gasteiger partial charge in [-0.2, -0.15) is 0 Å². The summed E-state index contributed by atoms with van der Waals surface area (Å²) in [6, 6.07) is -0.625. The fourth-order valence-electron chi connectivity index (χ4n) is 6.05. The number of quaternary nitrogens is 1. The minimum absolute atomic E-state index is 0.0378. The van der Waals surface area contributed by atoms with E-state index in [0.717, 1.165) is 44.9 Å². The van der Waals surface area contributed by atoms with Gasteiger partial charge in [-0.25, -0.2) is 4.79 Å². The number of esters is 2. The summed E-state index contributed by atoms with van der Waals surface area (Å²) in [6.45, 7) is 4.53. The second-order valence-electron chi connectivity index (χ2n) is 15.6. The van der Waals surface area contributed by atoms with Crippen molar-refractivity contribution >= 4 is 17.9 Å². The predicted octanol–water partition coefficient (Wildman–Crippen LogP) is 11.8. The van der Waals surface area contributed by atoms with Gasteiger partial charge in [-0.15, -0.1) is 0 Å². The molecule has 0 radical (unpaired) electrons. The number of hydrogen-bond donors (Lipinski definition) is 1. The van der Waals surface area contributed by atoms with Crippen molar-refractivity contribution in [3.8, 4) is 0 Å². The smallest absolute Gasteiger partial charge is 0.362 e. The van der Waals surface area contributed by atoms with Crippen LogP contribution in [0, 0.1) is 0 Å². The fraction of sp³-hybridized carbons (Fsp3) is 0.723. The number of carboxylic acids is 1. The van der Waals surface area contributed by atoms with E-state index < -0.39 is 18.1 Å². The van der Waals surface area contributed by atoms with Gasteiger partial charge < -0.3 is 23.8 Å². The second kappa shape index (κ2) is 37.9. The number of carboxylic acid groups (broad SMARTS) is 1. The highest BCUT2D eigenvalue weighted by Gasteiger charge is 2.31. The summed E-state index contributed by atoms with van der Waals surface area (Å²) in [5.41, 5.74) is 0. The van der Waals surface area contributed by atoms with E-state index in [9.17, 15) is 19.5 Å². The third-order valence-corrected chi connectivity index (χ3v) is 9.43. The zero-order valence-corrected chi connectivity index (χ0v) is 35.9. The quantitative estimate of drug-likeness (QED) is 0.0219. The Morgan fingerprint density at radius 2 is 1.09 bits per heavy atom. The van der Waals surface area contributed by atoms with Gasteiger partial charge >= 0.3 is 17.9 Å². The summed E-state index contributed by atoms with van der Waals surface area (Å²) >= 11 is 0. The minimum Gasteiger partial charge on any atom is -0.477 e. The molecule has 1 N–H and O–H groups in total. The first-order valence-electron chi connectivity index (χ1n) is 21.8. The van der Waals surface area contributed by atoms with E-state index in [4.69, 9.17) is 14.2 Å². The van der Waals surface area contributed by atoms with Crippen LogP contribution in [0.3, 0.4) is 0 Å². The monoisotopic (exact) mass is 773 g/mol. The number of allylic oxidation sites excluding steroid dienone is 10. The van der Waals surface area contributed by atoms with E-state index in [1.54, 1.807) is 0 Å². The molecule has 0 heterocycles. The van der Waals surface area contributed by atoms with Crippen LogP contribution in [-0.4, -0.2) is 80.6 Å². The zero-order chi connectivity index (χ0) is 40.7. The number of ether oxygens (including phenoxy) is 3. The third kappa shape index (κ3) is 36.4. The third-order valence-electron chi connectivity index (χ3n) is 9.43. The highest BCUT2D eigenvalue weighted by atomic mass is 16.6. The van der Waals surface area contributed by atoms with Gasteiger partial charge in [-0.3, -0.25) is 9.59 Å². The maximum absolute atomic E-state index is 12.6. The molecule has 0 rings (SSSR count). The first kappa shape index (κ1) is 52.0. The van der Waals surface area contributed by atoms with Crippen LogP contribution in [0.2, 0.25) is 0 Å². The molecule has 0 saturated carbocycles. The highest BCUT2D eigenvalue weighted by Crippen LogP contribution is 2.14. The van der Waals surface area contributed by atoms with E-state index in [1.165, 1.54) is 83.5 Å². The summed E-state index contributed by atoms with van der Waals surface area (Å²) in [6.07, 6.45) is 45.7. The van der Waals surface area contributed by atoms with Crippen LogP contribution in [0.1, 0.15) is 168 Å². The normalized spacial score (nSPS) is 13.5. The Labute approximate surface area is 337 Å². The van der Waals surface area contributed by atoms with Crippen molar-refractivity contribution in [1.29, 1.82) is 0 Å². The number of hydrogen-bond acceptors (Lipinski definition) is 6. The Kier molecular flexibility index (Phi) is 35.9. The van der Waals surface area contributed by atoms with Gasteiger partial charge in [0.1, 0.15) is 6.61 Å². The molecule has 55 heavy (non-hydrogen) atoms. The molecule has 2 unspecified atom stereocenters. The minimum atomic E-state index is -0.886. The van der Waals surface area contributed by atoms with Crippen LogP contribution in [0.5, 0.6) is 0 Å². The van der Waals surface area contributed by atoms with Crippen LogP contribution in [-0.2, 0) is 28.6 Å². The SMILES string of the molecule is CC/C=C/C/C=C/C/C=C/CCCC(=O)OC(COCCC(C(=O)O)[N+](C)(C)C)COC(=O)CCCCCCCCCCCC/C=C/C=C/CCCCCC. The molecule has 8 heteroatoms. The van der Waals surface area contributed by atoms with Crippen molar-refractivity contribution < 1.29 is 38.2 Å². The highest BCUT2D eigenvalue weighted by molar-refractivity contribution is 5.72. The van der Waals surface area contributed by atoms with Gasteiger partial charge in [-0.1, -0.05) is 145 Å². The van der Waals surface area contributed by atoms with Crippen molar-refractivity contribution in [3.63, 3.8) is 0 Å². The van der Waals surface area contributed by atoms with Gasteiger partial charge in [0.05, 0.1) is 34.4 Å². The van der Waals surface area contributed by atoms with Crippen molar-refractivity contribution in [1.82, 2.24) is 0 Å². The maximum Gasteiger partial charge on any atom is 0.362 e. The molecule has 0 bridgehead atoms. The second-order valence-corrected chi connectivity index (χ2v) is 15.6. The summed E-state index contributed by atoms with van der Waals surface area (Å²) in [7, 11) is 5.50. The van der Waals surface area contributed by atoms with Crippen LogP contribution in [0.25, 0.3) is 0 Å². The number of carbonyl (C=O) groups excluding carboxylic acids is 2. The zero-order valence-electron chi connectivity index (χ0n) is 35.9. The fourth-order valence-corrected chi connectivity index (χ4v) is 6.05. The Morgan fingerprint density at radius 1 is 0.582 bits per heavy atom. The topological polar surface area (TPSA) is 99.1 Å². The Bertz CT molecular complexity index is 1090. The molecule has 316 valence electrons. The lowest BCUT2D eigenvalue weighted by Gasteiger charge is -2.31. The molecule has 0 amide bonds. The van der Waals surface area contributed by atoms with E-state index in [2.05, 4.69) is 74.6 Å². The maximum atomic E-state index is 12.6. The van der Waals surface area contributed by atoms with E-state index >= 15 is 0 Å². The van der Waals surface area contributed by atoms with Crippen LogP contribution >= 0.6 is 0 Å². The van der Waals surface area contributed by atoms with Crippen LogP contribution < -0.4 is 0 Å². The number of rotatable bonds is 38. The molecule has 0 saturated heterocycles. The molecule has 0 aliphatic carbocycles. The molecule has 0 aliphatic heterocycles. The number of nitrogens with zero attached hydrogens (tertiary/aromatic N) is 1. The number of unbranched alkanes of at least 4 members (excludes halogenated alkanes) is 15. The van der Waals surface area contributed by atoms with Crippen molar-refractivity contribution in [2.24, 2.45) is 0 Å². The molecule has 0 spiro atoms. The summed E-state index contributed by atoms with van der Waals surface area (Å²) in [5.74, 6) is -1.55. The molecule has 0 aromatic rings. The molecular weight excluding hydrogens is 691 g/mol. The van der Waals surface area contributed by atoms with Gasteiger partial charge in [0.2, 0.25) is 0 Å². The lowest BCUT2D eigenvalue weighted by molar-refractivity contribution is -0.887. The van der Waals surface area contributed by atoms with Gasteiger partial charge in [0, 0.05) is 19.3 Å². The predicted molar refractivity (Wildman–Crippen MR) is 229 cm³/mol. The standard InChI is InChI=1S/C47H81NO7/c1-6-8-10-12-14-16-18-19-20-21-22-23-24-25-26-28-29-31-33-35-37-45(49)54-42-43(41-53-40-39-44(47(51)52)48(3,4)5)55-46(50)38-36-34-32-30-27-17-15-13-11-9-7-2/h9,11,15-20,30,32,43-44H,6-8,10,12-14,21-29,31,33-42H2,1-5H3/p+1/b11-9+,17-15+,18-16+,20-19+,32-30+. The number of aliphatic carboxylic acids is 1. The molecule has 0 fully saturated rings. The largest absolute Gasteiger partial charge is 0.477 e. The lowest BCUT2D eigenvalue weighted by Crippen LogP contribution is -2.50. The number of carbonyl (C=O) groups is 3. The average Bonchev–Trinajstić information content (AvgIpc) is 3.14. The Hall–Kier alpha value is -2.97. The average molecular weight is 773 g/mol. The molecule has 2 atom stereocenters. The van der Waals surface area contributed by atoms with E-state index in [0.29, 0.717) is 19.3 Å². The summed E-state index contributed by atoms with van der Waals surface area (Å²) in [4.78, 5) is 36.9. The van der Waals surface area contributed by atoms with Crippen molar-refractivity contribution in [2.75, 3.05) is 41.0 Å². The van der Waals surface area contributed by atoms with Gasteiger partial charge in [-0.05, 0) is 64.2 Å². The van der Waals surface area contributed by atoms with Crippen molar-refractivity contribution in [3.05, 3.63) is 60.8 Å². The number of likely N-dealkylation sites (N-methyl/N-ethyl adjacent to an activating group) is 1. The summed E-state index contributed by atoms with van der Waals surface area (Å²) in [5, 5.41) is 9.60. The van der Waals surface area contributed by atoms with Crippen molar-refractivity contribution in [2.45, 2.75) is 180 Å². The van der Waals surface area contributed by atoms with Crippen LogP contribution in [0.15, 0.2) is 60.8 Å². The van der Waals surface area contributed by atoms with E-state index in [1.807, 2.05) is 21.1 Å². The summed E-state index contributed by atoms with van der Waals surface area (Å²) < 4.78 is 17.2. The lowest BCUT2D eigenvalue weighted by atomic mass is 10.1. The molecule has 0 aliphatic rings. The first-order valence-corrected chi connectivity index (χ1v) is 21.8. The molecule has 8 nitrogen and oxygen atoms in total. The van der Waals surface area contributed by atoms with E-state index in [-0.39, 0.29) is 42.7 Å². The molecular formula is C47H82NO7+. The Balaban J connectivity index is 4.32. The van der Waals surface area contributed by atoms with Crippen LogP contribution in [0.4, 0.5) is 0 Å². The Morgan fingerprint density at radius 3 is 1.65 bits per heavy atom. The first-order chi connectivity index (χ1) is 26.6. The molecule has 0 aromatic carbocycles. The van der Waals surface area contributed by atoms with Gasteiger partial charge in [0.15, 0.2) is 12.1 Å².